The number of rotatable bonds is 4. The van der Waals surface area contributed by atoms with E-state index in [4.69, 9.17) is 0 Å². The summed E-state index contributed by atoms with van der Waals surface area (Å²) in [5, 5.41) is 11.9. The van der Waals surface area contributed by atoms with E-state index in [-0.39, 0.29) is 12.4 Å². The van der Waals surface area contributed by atoms with Crippen molar-refractivity contribution in [2.75, 3.05) is 5.32 Å². The number of aryl methyl sites for hydroxylation is 3. The Morgan fingerprint density at radius 3 is 2.65 bits per heavy atom. The number of nitrogens with one attached hydrogen (secondary N) is 1. The van der Waals surface area contributed by atoms with Gasteiger partial charge in [-0.15, -0.1) is 12.4 Å². The molecule has 0 unspecified atom stereocenters. The smallest absolute Gasteiger partial charge is 0.148 e. The molecule has 0 amide bonds. The van der Waals surface area contributed by atoms with Crippen LogP contribution in [0.15, 0.2) is 18.5 Å². The molecule has 2 aromatic rings. The highest BCUT2D eigenvalue weighted by Crippen LogP contribution is 2.09. The van der Waals surface area contributed by atoms with Crippen molar-refractivity contribution >= 4 is 18.2 Å². The summed E-state index contributed by atoms with van der Waals surface area (Å²) < 4.78 is 3.73. The van der Waals surface area contributed by atoms with Crippen LogP contribution in [0.25, 0.3) is 0 Å². The lowest BCUT2D eigenvalue weighted by atomic mass is 10.2. The van der Waals surface area contributed by atoms with E-state index in [0.29, 0.717) is 0 Å². The Balaban J connectivity index is 0.00000144. The summed E-state index contributed by atoms with van der Waals surface area (Å²) in [6.45, 7) is 5.79. The maximum atomic E-state index is 4.40. The predicted molar refractivity (Wildman–Crippen MR) is 70.4 cm³/mol. The van der Waals surface area contributed by atoms with Gasteiger partial charge in [0.15, 0.2) is 0 Å². The molecule has 0 aliphatic carbocycles. The number of hydrogen-bond acceptors (Lipinski definition) is 3. The van der Waals surface area contributed by atoms with Gasteiger partial charge in [0.2, 0.25) is 0 Å². The number of halogens is 1. The Labute approximate surface area is 107 Å². The minimum absolute atomic E-state index is 0. The molecule has 5 nitrogen and oxygen atoms in total. The highest BCUT2D eigenvalue weighted by atomic mass is 35.5. The van der Waals surface area contributed by atoms with E-state index in [1.165, 1.54) is 5.56 Å². The summed E-state index contributed by atoms with van der Waals surface area (Å²) in [7, 11) is 1.91. The molecule has 0 radical (unpaired) electrons. The van der Waals surface area contributed by atoms with Crippen molar-refractivity contribution in [2.24, 2.45) is 7.05 Å². The van der Waals surface area contributed by atoms with Crippen LogP contribution < -0.4 is 5.32 Å². The van der Waals surface area contributed by atoms with Gasteiger partial charge in [0.05, 0.1) is 5.69 Å². The summed E-state index contributed by atoms with van der Waals surface area (Å²) in [5.74, 6) is 0.895. The molecule has 2 rings (SSSR count). The second-order valence-electron chi connectivity index (χ2n) is 3.82. The molecule has 0 bridgehead atoms. The normalized spacial score (nSPS) is 10.1. The molecule has 94 valence electrons. The second kappa shape index (κ2) is 5.72. The summed E-state index contributed by atoms with van der Waals surface area (Å²) in [6, 6.07) is 1.96. The average Bonchev–Trinajstić information content (AvgIpc) is 2.82. The van der Waals surface area contributed by atoms with Crippen LogP contribution in [0.5, 0.6) is 0 Å². The first-order valence-electron chi connectivity index (χ1n) is 5.45. The van der Waals surface area contributed by atoms with Crippen LogP contribution in [0.3, 0.4) is 0 Å². The van der Waals surface area contributed by atoms with Gasteiger partial charge in [-0.05, 0) is 13.8 Å². The van der Waals surface area contributed by atoms with E-state index in [2.05, 4.69) is 28.6 Å². The SMILES string of the molecule is CCn1cc(CNc2ccn(C)n2)c(C)n1.Cl. The maximum absolute atomic E-state index is 4.40. The van der Waals surface area contributed by atoms with E-state index in [0.717, 1.165) is 24.6 Å². The first-order chi connectivity index (χ1) is 7.69. The number of nitrogens with zero attached hydrogens (tertiary/aromatic N) is 4. The standard InChI is InChI=1S/C11H17N5.ClH/c1-4-16-8-10(9(2)13-16)7-12-11-5-6-15(3)14-11;/h5-6,8H,4,7H2,1-3H3,(H,12,14);1H. The van der Waals surface area contributed by atoms with Crippen molar-refractivity contribution in [3.8, 4) is 0 Å². The molecule has 0 saturated carbocycles. The lowest BCUT2D eigenvalue weighted by Gasteiger charge is -2.00. The Kier molecular flexibility index (Phi) is 4.57. The van der Waals surface area contributed by atoms with Gasteiger partial charge in [-0.1, -0.05) is 0 Å². The maximum Gasteiger partial charge on any atom is 0.148 e. The highest BCUT2D eigenvalue weighted by molar-refractivity contribution is 5.85. The molecule has 0 atom stereocenters. The molecular weight excluding hydrogens is 238 g/mol. The van der Waals surface area contributed by atoms with Crippen LogP contribution in [-0.2, 0) is 20.1 Å². The molecule has 0 spiro atoms. The van der Waals surface area contributed by atoms with Crippen LogP contribution in [-0.4, -0.2) is 19.6 Å². The quantitative estimate of drug-likeness (QED) is 0.909. The van der Waals surface area contributed by atoms with E-state index < -0.39 is 0 Å². The number of hydrogen-bond donors (Lipinski definition) is 1. The summed E-state index contributed by atoms with van der Waals surface area (Å²) >= 11 is 0. The van der Waals surface area contributed by atoms with Gasteiger partial charge in [-0.2, -0.15) is 10.2 Å². The van der Waals surface area contributed by atoms with E-state index in [1.54, 1.807) is 4.68 Å². The molecule has 2 aromatic heterocycles. The zero-order chi connectivity index (χ0) is 11.5. The highest BCUT2D eigenvalue weighted by Gasteiger charge is 2.04. The second-order valence-corrected chi connectivity index (χ2v) is 3.82. The Morgan fingerprint density at radius 1 is 1.35 bits per heavy atom. The lowest BCUT2D eigenvalue weighted by Crippen LogP contribution is -2.01. The van der Waals surface area contributed by atoms with Crippen LogP contribution in [0.2, 0.25) is 0 Å². The molecule has 0 aromatic carbocycles. The van der Waals surface area contributed by atoms with Gasteiger partial charge in [0.25, 0.3) is 0 Å². The zero-order valence-electron chi connectivity index (χ0n) is 10.3. The van der Waals surface area contributed by atoms with Crippen molar-refractivity contribution in [1.29, 1.82) is 0 Å². The van der Waals surface area contributed by atoms with Gasteiger partial charge >= 0.3 is 0 Å². The molecular formula is C11H18ClN5. The van der Waals surface area contributed by atoms with Gasteiger partial charge in [0.1, 0.15) is 5.82 Å². The third-order valence-corrected chi connectivity index (χ3v) is 2.55. The largest absolute Gasteiger partial charge is 0.364 e. The third-order valence-electron chi connectivity index (χ3n) is 2.55. The molecule has 17 heavy (non-hydrogen) atoms. The predicted octanol–water partition coefficient (Wildman–Crippen LogP) is 1.98. The fraction of sp³-hybridized carbons (Fsp3) is 0.455. The van der Waals surface area contributed by atoms with E-state index in [9.17, 15) is 0 Å². The summed E-state index contributed by atoms with van der Waals surface area (Å²) in [6.07, 6.45) is 4.00. The molecule has 1 N–H and O–H groups in total. The zero-order valence-corrected chi connectivity index (χ0v) is 11.2. The first kappa shape index (κ1) is 13.6. The van der Waals surface area contributed by atoms with Crippen molar-refractivity contribution in [2.45, 2.75) is 26.9 Å². The van der Waals surface area contributed by atoms with Crippen LogP contribution in [0.4, 0.5) is 5.82 Å². The Morgan fingerprint density at radius 2 is 2.12 bits per heavy atom. The summed E-state index contributed by atoms with van der Waals surface area (Å²) in [4.78, 5) is 0. The van der Waals surface area contributed by atoms with E-state index >= 15 is 0 Å². The average molecular weight is 256 g/mol. The Bertz CT molecular complexity index is 474. The lowest BCUT2D eigenvalue weighted by molar-refractivity contribution is 0.653. The fourth-order valence-electron chi connectivity index (χ4n) is 1.59. The van der Waals surface area contributed by atoms with Gasteiger partial charge in [-0.25, -0.2) is 0 Å². The van der Waals surface area contributed by atoms with E-state index in [1.807, 2.05) is 30.9 Å². The molecule has 2 heterocycles. The summed E-state index contributed by atoms with van der Waals surface area (Å²) in [5.41, 5.74) is 2.29. The van der Waals surface area contributed by atoms with Crippen LogP contribution >= 0.6 is 12.4 Å². The van der Waals surface area contributed by atoms with Crippen LogP contribution in [0, 0.1) is 6.92 Å². The first-order valence-corrected chi connectivity index (χ1v) is 5.45. The molecule has 0 fully saturated rings. The Hall–Kier alpha value is -1.49. The van der Waals surface area contributed by atoms with Gasteiger partial charge in [-0.3, -0.25) is 9.36 Å². The van der Waals surface area contributed by atoms with Crippen molar-refractivity contribution in [3.05, 3.63) is 29.7 Å². The minimum Gasteiger partial charge on any atom is -0.364 e. The molecule has 0 saturated heterocycles. The fourth-order valence-corrected chi connectivity index (χ4v) is 1.59. The van der Waals surface area contributed by atoms with Crippen LogP contribution in [0.1, 0.15) is 18.2 Å². The number of aromatic nitrogens is 4. The molecule has 0 aliphatic heterocycles. The van der Waals surface area contributed by atoms with Gasteiger partial charge in [0, 0.05) is 44.2 Å². The minimum atomic E-state index is 0. The molecule has 0 aliphatic rings. The molecule has 6 heteroatoms. The topological polar surface area (TPSA) is 47.7 Å². The monoisotopic (exact) mass is 255 g/mol. The van der Waals surface area contributed by atoms with Crippen molar-refractivity contribution in [1.82, 2.24) is 19.6 Å². The van der Waals surface area contributed by atoms with Crippen molar-refractivity contribution < 1.29 is 0 Å². The third kappa shape index (κ3) is 3.23. The van der Waals surface area contributed by atoms with Crippen molar-refractivity contribution in [3.63, 3.8) is 0 Å². The number of anilines is 1. The van der Waals surface area contributed by atoms with Gasteiger partial charge < -0.3 is 5.32 Å².